The van der Waals surface area contributed by atoms with E-state index in [1.807, 2.05) is 0 Å². The fourth-order valence-corrected chi connectivity index (χ4v) is 2.58. The number of carboxylic acids is 2. The smallest absolute Gasteiger partial charge is 0.335 e. The standard InChI is InChI=1S/C21H24O8/c1-26-18-12-14(20(22)23)6-8-16(18)28-10-4-3-5-11-29-17-9-7-15(21(24)25)13-19(17)27-2/h6-9,12-13H,3-5,10-11H2,1-2H3,(H,22,23)(H,24,25). The van der Waals surface area contributed by atoms with Crippen molar-refractivity contribution in [2.75, 3.05) is 27.4 Å². The van der Waals surface area contributed by atoms with Crippen molar-refractivity contribution in [3.63, 3.8) is 0 Å². The van der Waals surface area contributed by atoms with Gasteiger partial charge in [0.25, 0.3) is 0 Å². The van der Waals surface area contributed by atoms with Gasteiger partial charge in [0.2, 0.25) is 0 Å². The lowest BCUT2D eigenvalue weighted by molar-refractivity contribution is 0.0685. The first-order valence-electron chi connectivity index (χ1n) is 9.04. The predicted octanol–water partition coefficient (Wildman–Crippen LogP) is 3.73. The second-order valence-electron chi connectivity index (χ2n) is 6.10. The van der Waals surface area contributed by atoms with Crippen molar-refractivity contribution in [3.05, 3.63) is 47.5 Å². The van der Waals surface area contributed by atoms with E-state index in [1.165, 1.54) is 38.5 Å². The molecule has 0 aliphatic heterocycles. The highest BCUT2D eigenvalue weighted by Gasteiger charge is 2.11. The van der Waals surface area contributed by atoms with Gasteiger partial charge < -0.3 is 29.2 Å². The molecule has 0 aliphatic carbocycles. The summed E-state index contributed by atoms with van der Waals surface area (Å²) in [6.45, 7) is 0.915. The Morgan fingerprint density at radius 2 is 1.10 bits per heavy atom. The Bertz CT molecular complexity index is 777. The summed E-state index contributed by atoms with van der Waals surface area (Å²) in [6, 6.07) is 8.95. The van der Waals surface area contributed by atoms with Crippen LogP contribution in [0.1, 0.15) is 40.0 Å². The highest BCUT2D eigenvalue weighted by molar-refractivity contribution is 5.89. The van der Waals surface area contributed by atoms with Crippen LogP contribution in [0.15, 0.2) is 36.4 Å². The third-order valence-corrected chi connectivity index (χ3v) is 4.12. The van der Waals surface area contributed by atoms with Gasteiger partial charge in [0.1, 0.15) is 0 Å². The van der Waals surface area contributed by atoms with Crippen LogP contribution in [0, 0.1) is 0 Å². The van der Waals surface area contributed by atoms with E-state index in [4.69, 9.17) is 29.2 Å². The first-order valence-corrected chi connectivity index (χ1v) is 9.04. The molecule has 0 saturated carbocycles. The summed E-state index contributed by atoms with van der Waals surface area (Å²) < 4.78 is 21.7. The predicted molar refractivity (Wildman–Crippen MR) is 105 cm³/mol. The number of rotatable bonds is 12. The fourth-order valence-electron chi connectivity index (χ4n) is 2.58. The van der Waals surface area contributed by atoms with Crippen LogP contribution in [0.25, 0.3) is 0 Å². The average molecular weight is 404 g/mol. The van der Waals surface area contributed by atoms with E-state index >= 15 is 0 Å². The molecule has 0 fully saturated rings. The number of hydrogen-bond acceptors (Lipinski definition) is 6. The van der Waals surface area contributed by atoms with E-state index in [0.717, 1.165) is 19.3 Å². The van der Waals surface area contributed by atoms with Crippen LogP contribution in [0.2, 0.25) is 0 Å². The van der Waals surface area contributed by atoms with E-state index in [9.17, 15) is 9.59 Å². The van der Waals surface area contributed by atoms with Crippen molar-refractivity contribution < 1.29 is 38.7 Å². The number of aromatic carboxylic acids is 2. The normalized spacial score (nSPS) is 10.3. The third kappa shape index (κ3) is 6.31. The molecule has 0 saturated heterocycles. The molecule has 2 N–H and O–H groups in total. The lowest BCUT2D eigenvalue weighted by Gasteiger charge is -2.12. The largest absolute Gasteiger partial charge is 0.493 e. The van der Waals surface area contributed by atoms with E-state index in [1.54, 1.807) is 12.1 Å². The van der Waals surface area contributed by atoms with Crippen LogP contribution in [0.3, 0.4) is 0 Å². The van der Waals surface area contributed by atoms with E-state index in [2.05, 4.69) is 0 Å². The lowest BCUT2D eigenvalue weighted by atomic mass is 10.2. The van der Waals surface area contributed by atoms with Gasteiger partial charge >= 0.3 is 11.9 Å². The molecule has 0 aliphatic rings. The van der Waals surface area contributed by atoms with Gasteiger partial charge in [0, 0.05) is 0 Å². The summed E-state index contributed by atoms with van der Waals surface area (Å²) >= 11 is 0. The first kappa shape index (κ1) is 21.9. The van der Waals surface area contributed by atoms with Crippen molar-refractivity contribution in [1.29, 1.82) is 0 Å². The van der Waals surface area contributed by atoms with Gasteiger partial charge in [-0.05, 0) is 55.7 Å². The van der Waals surface area contributed by atoms with E-state index in [-0.39, 0.29) is 11.1 Å². The molecule has 0 heterocycles. The second kappa shape index (κ2) is 10.8. The molecule has 2 rings (SSSR count). The number of carboxylic acid groups (broad SMARTS) is 2. The number of hydrogen-bond donors (Lipinski definition) is 2. The van der Waals surface area contributed by atoms with Gasteiger partial charge in [-0.3, -0.25) is 0 Å². The number of benzene rings is 2. The van der Waals surface area contributed by atoms with E-state index in [0.29, 0.717) is 36.2 Å². The van der Waals surface area contributed by atoms with Crippen molar-refractivity contribution in [3.8, 4) is 23.0 Å². The van der Waals surface area contributed by atoms with Crippen molar-refractivity contribution >= 4 is 11.9 Å². The molecule has 0 aromatic heterocycles. The molecule has 0 amide bonds. The average Bonchev–Trinajstić information content (AvgIpc) is 2.72. The van der Waals surface area contributed by atoms with Gasteiger partial charge in [-0.15, -0.1) is 0 Å². The molecule has 2 aromatic carbocycles. The van der Waals surface area contributed by atoms with Gasteiger partial charge in [-0.2, -0.15) is 0 Å². The molecular formula is C21H24O8. The van der Waals surface area contributed by atoms with Gasteiger partial charge in [0.15, 0.2) is 23.0 Å². The molecule has 156 valence electrons. The summed E-state index contributed by atoms with van der Waals surface area (Å²) in [5.41, 5.74) is 0.274. The van der Waals surface area contributed by atoms with Gasteiger partial charge in [0.05, 0.1) is 38.6 Å². The summed E-state index contributed by atoms with van der Waals surface area (Å²) in [5.74, 6) is -0.294. The molecule has 29 heavy (non-hydrogen) atoms. The van der Waals surface area contributed by atoms with Crippen LogP contribution in [-0.2, 0) is 0 Å². The lowest BCUT2D eigenvalue weighted by Crippen LogP contribution is -2.04. The number of unbranched alkanes of at least 4 members (excludes halogenated alkanes) is 2. The molecule has 0 radical (unpaired) electrons. The van der Waals surface area contributed by atoms with Crippen molar-refractivity contribution in [1.82, 2.24) is 0 Å². The highest BCUT2D eigenvalue weighted by Crippen LogP contribution is 2.29. The second-order valence-corrected chi connectivity index (χ2v) is 6.10. The summed E-state index contributed by atoms with van der Waals surface area (Å²) in [7, 11) is 2.92. The zero-order valence-corrected chi connectivity index (χ0v) is 16.3. The van der Waals surface area contributed by atoms with Crippen LogP contribution in [0.5, 0.6) is 23.0 Å². The summed E-state index contributed by atoms with van der Waals surface area (Å²) in [6.07, 6.45) is 2.41. The minimum Gasteiger partial charge on any atom is -0.493 e. The Morgan fingerprint density at radius 3 is 1.45 bits per heavy atom. The van der Waals surface area contributed by atoms with Crippen LogP contribution in [-0.4, -0.2) is 49.6 Å². The molecule has 0 bridgehead atoms. The Hall–Kier alpha value is -3.42. The maximum Gasteiger partial charge on any atom is 0.335 e. The molecule has 8 heteroatoms. The first-order chi connectivity index (χ1) is 14.0. The fraction of sp³-hybridized carbons (Fsp3) is 0.333. The van der Waals surface area contributed by atoms with Crippen LogP contribution < -0.4 is 18.9 Å². The van der Waals surface area contributed by atoms with Crippen molar-refractivity contribution in [2.24, 2.45) is 0 Å². The monoisotopic (exact) mass is 404 g/mol. The maximum absolute atomic E-state index is 11.0. The van der Waals surface area contributed by atoms with Crippen LogP contribution in [0.4, 0.5) is 0 Å². The summed E-state index contributed by atoms with van der Waals surface area (Å²) in [5, 5.41) is 18.0. The minimum absolute atomic E-state index is 0.137. The van der Waals surface area contributed by atoms with E-state index < -0.39 is 11.9 Å². The molecule has 8 nitrogen and oxygen atoms in total. The Morgan fingerprint density at radius 1 is 0.690 bits per heavy atom. The quantitative estimate of drug-likeness (QED) is 0.515. The number of carbonyl (C=O) groups is 2. The molecule has 0 spiro atoms. The van der Waals surface area contributed by atoms with Gasteiger partial charge in [-0.25, -0.2) is 9.59 Å². The Balaban J connectivity index is 1.73. The third-order valence-electron chi connectivity index (χ3n) is 4.12. The van der Waals surface area contributed by atoms with Crippen molar-refractivity contribution in [2.45, 2.75) is 19.3 Å². The summed E-state index contributed by atoms with van der Waals surface area (Å²) in [4.78, 5) is 22.0. The van der Waals surface area contributed by atoms with Crippen LogP contribution >= 0.6 is 0 Å². The highest BCUT2D eigenvalue weighted by atomic mass is 16.5. The zero-order chi connectivity index (χ0) is 21.2. The number of ether oxygens (including phenoxy) is 4. The Kier molecular flexibility index (Phi) is 8.14. The maximum atomic E-state index is 11.0. The topological polar surface area (TPSA) is 112 Å². The van der Waals surface area contributed by atoms with Gasteiger partial charge in [-0.1, -0.05) is 0 Å². The Labute approximate surface area is 168 Å². The molecule has 2 aromatic rings. The molecular weight excluding hydrogens is 380 g/mol. The SMILES string of the molecule is COc1cc(C(=O)O)ccc1OCCCCCOc1ccc(C(=O)O)cc1OC. The molecule has 0 atom stereocenters. The number of methoxy groups -OCH3 is 2. The minimum atomic E-state index is -1.02. The zero-order valence-electron chi connectivity index (χ0n) is 16.3. The molecule has 0 unspecified atom stereocenters.